The molecule has 1 aromatic rings. The summed E-state index contributed by atoms with van der Waals surface area (Å²) in [6, 6.07) is 2.88. The Bertz CT molecular complexity index is 377. The van der Waals surface area contributed by atoms with Gasteiger partial charge in [0.2, 0.25) is 0 Å². The Morgan fingerprint density at radius 3 is 2.43 bits per heavy atom. The molecule has 0 radical (unpaired) electrons. The molecule has 14 heavy (non-hydrogen) atoms. The van der Waals surface area contributed by atoms with Crippen molar-refractivity contribution in [2.45, 2.75) is 13.0 Å². The van der Waals surface area contributed by atoms with E-state index in [0.29, 0.717) is 5.02 Å². The van der Waals surface area contributed by atoms with E-state index in [9.17, 15) is 9.90 Å². The van der Waals surface area contributed by atoms with Crippen LogP contribution in [0.5, 0.6) is 0 Å². The maximum atomic E-state index is 10.5. The zero-order valence-corrected chi connectivity index (χ0v) is 8.80. The number of aliphatic carboxylic acids is 1. The van der Waals surface area contributed by atoms with Crippen LogP contribution in [0.1, 0.15) is 17.2 Å². The molecule has 0 aliphatic heterocycles. The summed E-state index contributed by atoms with van der Waals surface area (Å²) in [6.07, 6.45) is -1.64. The Morgan fingerprint density at radius 2 is 1.93 bits per heavy atom. The molecule has 0 spiro atoms. The van der Waals surface area contributed by atoms with E-state index in [0.717, 1.165) is 5.56 Å². The van der Waals surface area contributed by atoms with Crippen LogP contribution in [-0.4, -0.2) is 16.2 Å². The van der Waals surface area contributed by atoms with E-state index >= 15 is 0 Å². The van der Waals surface area contributed by atoms with Crippen molar-refractivity contribution in [1.29, 1.82) is 0 Å². The highest BCUT2D eigenvalue weighted by molar-refractivity contribution is 6.34. The molecule has 3 nitrogen and oxygen atoms in total. The minimum atomic E-state index is -1.64. The molecule has 0 aliphatic rings. The van der Waals surface area contributed by atoms with Crippen molar-refractivity contribution in [3.8, 4) is 0 Å². The van der Waals surface area contributed by atoms with E-state index in [4.69, 9.17) is 28.3 Å². The second kappa shape index (κ2) is 4.17. The van der Waals surface area contributed by atoms with E-state index in [1.54, 1.807) is 6.92 Å². The van der Waals surface area contributed by atoms with Crippen LogP contribution in [0.25, 0.3) is 0 Å². The molecule has 0 saturated carbocycles. The Kier molecular flexibility index (Phi) is 3.37. The molecular weight excluding hydrogens is 227 g/mol. The molecule has 1 aromatic carbocycles. The first kappa shape index (κ1) is 11.3. The fraction of sp³-hybridized carbons (Fsp3) is 0.222. The van der Waals surface area contributed by atoms with Gasteiger partial charge >= 0.3 is 5.97 Å². The summed E-state index contributed by atoms with van der Waals surface area (Å²) >= 11 is 11.5. The lowest BCUT2D eigenvalue weighted by Gasteiger charge is -2.09. The van der Waals surface area contributed by atoms with Crippen LogP contribution >= 0.6 is 23.2 Å². The Morgan fingerprint density at radius 1 is 1.36 bits per heavy atom. The lowest BCUT2D eigenvalue weighted by atomic mass is 10.1. The summed E-state index contributed by atoms with van der Waals surface area (Å²) in [7, 11) is 0. The largest absolute Gasteiger partial charge is 0.479 e. The van der Waals surface area contributed by atoms with E-state index in [1.807, 2.05) is 0 Å². The number of aliphatic hydroxyl groups is 1. The van der Waals surface area contributed by atoms with Crippen LogP contribution in [0.4, 0.5) is 0 Å². The summed E-state index contributed by atoms with van der Waals surface area (Å²) in [4.78, 5) is 10.5. The highest BCUT2D eigenvalue weighted by Gasteiger charge is 2.19. The third kappa shape index (κ3) is 2.18. The fourth-order valence-corrected chi connectivity index (χ4v) is 1.50. The number of carboxylic acid groups (broad SMARTS) is 1. The van der Waals surface area contributed by atoms with Gasteiger partial charge in [0, 0.05) is 15.6 Å². The lowest BCUT2D eigenvalue weighted by Crippen LogP contribution is -2.11. The van der Waals surface area contributed by atoms with Crippen LogP contribution in [-0.2, 0) is 4.79 Å². The number of carbonyl (C=O) groups is 1. The minimum absolute atomic E-state index is 0.106. The Labute approximate surface area is 90.9 Å². The summed E-state index contributed by atoms with van der Waals surface area (Å²) in [5, 5.41) is 18.4. The van der Waals surface area contributed by atoms with E-state index < -0.39 is 12.1 Å². The molecule has 76 valence electrons. The third-order valence-corrected chi connectivity index (χ3v) is 2.54. The highest BCUT2D eigenvalue weighted by Crippen LogP contribution is 2.29. The summed E-state index contributed by atoms with van der Waals surface area (Å²) < 4.78 is 0. The van der Waals surface area contributed by atoms with E-state index in [2.05, 4.69) is 0 Å². The molecule has 1 rings (SSSR count). The molecule has 0 aliphatic carbocycles. The zero-order chi connectivity index (χ0) is 10.9. The van der Waals surface area contributed by atoms with Gasteiger partial charge in [-0.2, -0.15) is 0 Å². The van der Waals surface area contributed by atoms with Crippen molar-refractivity contribution >= 4 is 29.2 Å². The molecular formula is C9H8Cl2O3. The standard InChI is InChI=1S/C9H8Cl2O3/c1-4-2-7(11)5(3-6(4)10)8(12)9(13)14/h2-3,8,12H,1H3,(H,13,14)/t8-/m0/s1. The molecule has 0 unspecified atom stereocenters. The monoisotopic (exact) mass is 234 g/mol. The SMILES string of the molecule is Cc1cc(Cl)c([C@H](O)C(=O)O)cc1Cl. The molecule has 0 amide bonds. The normalized spacial score (nSPS) is 12.6. The predicted octanol–water partition coefficient (Wildman–Crippen LogP) is 2.42. The summed E-state index contributed by atoms with van der Waals surface area (Å²) in [5.74, 6) is -1.35. The number of halogens is 2. The average Bonchev–Trinajstić information content (AvgIpc) is 2.10. The molecule has 0 heterocycles. The maximum Gasteiger partial charge on any atom is 0.337 e. The van der Waals surface area contributed by atoms with Crippen molar-refractivity contribution in [3.63, 3.8) is 0 Å². The van der Waals surface area contributed by atoms with Crippen molar-refractivity contribution in [2.75, 3.05) is 0 Å². The van der Waals surface area contributed by atoms with Crippen LogP contribution < -0.4 is 0 Å². The number of rotatable bonds is 2. The van der Waals surface area contributed by atoms with Crippen LogP contribution in [0, 0.1) is 6.92 Å². The van der Waals surface area contributed by atoms with Gasteiger partial charge in [-0.1, -0.05) is 23.2 Å². The number of hydrogen-bond acceptors (Lipinski definition) is 2. The van der Waals surface area contributed by atoms with Crippen molar-refractivity contribution in [2.24, 2.45) is 0 Å². The van der Waals surface area contributed by atoms with Crippen LogP contribution in [0.3, 0.4) is 0 Å². The first-order valence-electron chi connectivity index (χ1n) is 3.80. The molecule has 0 bridgehead atoms. The van der Waals surface area contributed by atoms with Gasteiger partial charge in [0.1, 0.15) is 0 Å². The quantitative estimate of drug-likeness (QED) is 0.827. The second-order valence-corrected chi connectivity index (χ2v) is 3.68. The lowest BCUT2D eigenvalue weighted by molar-refractivity contribution is -0.146. The molecule has 5 heteroatoms. The molecule has 0 saturated heterocycles. The van der Waals surface area contributed by atoms with Gasteiger partial charge in [-0.15, -0.1) is 0 Å². The van der Waals surface area contributed by atoms with Gasteiger partial charge in [-0.05, 0) is 24.6 Å². The smallest absolute Gasteiger partial charge is 0.337 e. The zero-order valence-electron chi connectivity index (χ0n) is 7.29. The van der Waals surface area contributed by atoms with Gasteiger partial charge in [-0.3, -0.25) is 0 Å². The van der Waals surface area contributed by atoms with Crippen molar-refractivity contribution < 1.29 is 15.0 Å². The average molecular weight is 235 g/mol. The Balaban J connectivity index is 3.22. The fourth-order valence-electron chi connectivity index (χ4n) is 1.00. The summed E-state index contributed by atoms with van der Waals surface area (Å²) in [6.45, 7) is 1.74. The van der Waals surface area contributed by atoms with Gasteiger partial charge < -0.3 is 10.2 Å². The number of hydrogen-bond donors (Lipinski definition) is 2. The molecule has 1 atom stereocenters. The third-order valence-electron chi connectivity index (χ3n) is 1.81. The van der Waals surface area contributed by atoms with Crippen molar-refractivity contribution in [1.82, 2.24) is 0 Å². The van der Waals surface area contributed by atoms with Crippen molar-refractivity contribution in [3.05, 3.63) is 33.3 Å². The molecule has 2 N–H and O–H groups in total. The first-order chi connectivity index (χ1) is 6.43. The second-order valence-electron chi connectivity index (χ2n) is 2.86. The number of aryl methyl sites for hydroxylation is 1. The predicted molar refractivity (Wildman–Crippen MR) is 53.8 cm³/mol. The van der Waals surface area contributed by atoms with Crippen LogP contribution in [0.15, 0.2) is 12.1 Å². The topological polar surface area (TPSA) is 57.5 Å². The maximum absolute atomic E-state index is 10.5. The van der Waals surface area contributed by atoms with Gasteiger partial charge in [-0.25, -0.2) is 4.79 Å². The minimum Gasteiger partial charge on any atom is -0.479 e. The van der Waals surface area contributed by atoms with Gasteiger partial charge in [0.05, 0.1) is 0 Å². The molecule has 0 aromatic heterocycles. The van der Waals surface area contributed by atoms with Crippen LogP contribution in [0.2, 0.25) is 10.0 Å². The number of benzene rings is 1. The molecule has 0 fully saturated rings. The number of carboxylic acids is 1. The first-order valence-corrected chi connectivity index (χ1v) is 4.55. The van der Waals surface area contributed by atoms with E-state index in [-0.39, 0.29) is 10.6 Å². The summed E-state index contributed by atoms with van der Waals surface area (Å²) in [5.41, 5.74) is 0.841. The van der Waals surface area contributed by atoms with Gasteiger partial charge in [0.15, 0.2) is 6.10 Å². The van der Waals surface area contributed by atoms with Gasteiger partial charge in [0.25, 0.3) is 0 Å². The van der Waals surface area contributed by atoms with E-state index in [1.165, 1.54) is 12.1 Å². The number of aliphatic hydroxyl groups excluding tert-OH is 1. The highest BCUT2D eigenvalue weighted by atomic mass is 35.5. The Hall–Kier alpha value is -0.770.